The molecule has 1 aromatic rings. The summed E-state index contributed by atoms with van der Waals surface area (Å²) in [5, 5.41) is 0. The molecule has 0 radical (unpaired) electrons. The summed E-state index contributed by atoms with van der Waals surface area (Å²) in [5.41, 5.74) is 1.89. The van der Waals surface area contributed by atoms with Gasteiger partial charge in [-0.05, 0) is 24.0 Å². The number of ether oxygens (including phenoxy) is 4. The summed E-state index contributed by atoms with van der Waals surface area (Å²) < 4.78 is 21.0. The lowest BCUT2D eigenvalue weighted by Gasteiger charge is -2.15. The molecule has 0 bridgehead atoms. The SMILES string of the molecule is CCCCCCC(=Cc1ccccc1)C1O[C@@H](C(=O)OC)[C@H](C(=O)OC)O1. The van der Waals surface area contributed by atoms with Crippen LogP contribution in [0.15, 0.2) is 35.9 Å². The molecule has 1 aliphatic heterocycles. The highest BCUT2D eigenvalue weighted by molar-refractivity contribution is 5.86. The van der Waals surface area contributed by atoms with Crippen LogP contribution in [0.2, 0.25) is 0 Å². The lowest BCUT2D eigenvalue weighted by atomic mass is 10.0. The normalized spacial score (nSPS) is 20.5. The van der Waals surface area contributed by atoms with Crippen molar-refractivity contribution >= 4 is 18.0 Å². The van der Waals surface area contributed by atoms with Crippen LogP contribution in [0.1, 0.15) is 44.6 Å². The second kappa shape index (κ2) is 10.8. The first kappa shape index (κ1) is 21.1. The average molecular weight is 376 g/mol. The number of rotatable bonds is 9. The zero-order valence-corrected chi connectivity index (χ0v) is 16.2. The van der Waals surface area contributed by atoms with Gasteiger partial charge in [0.05, 0.1) is 14.2 Å². The van der Waals surface area contributed by atoms with Gasteiger partial charge in [0.2, 0.25) is 0 Å². The number of hydrogen-bond acceptors (Lipinski definition) is 6. The molecule has 0 unspecified atom stereocenters. The maximum absolute atomic E-state index is 12.0. The topological polar surface area (TPSA) is 71.1 Å². The Morgan fingerprint density at radius 2 is 1.56 bits per heavy atom. The molecule has 1 fully saturated rings. The molecule has 0 N–H and O–H groups in total. The van der Waals surface area contributed by atoms with E-state index in [9.17, 15) is 9.59 Å². The number of benzene rings is 1. The van der Waals surface area contributed by atoms with E-state index in [1.54, 1.807) is 0 Å². The maximum atomic E-state index is 12.0. The monoisotopic (exact) mass is 376 g/mol. The number of hydrogen-bond donors (Lipinski definition) is 0. The number of esters is 2. The van der Waals surface area contributed by atoms with Crippen LogP contribution in [0.5, 0.6) is 0 Å². The molecule has 1 saturated heterocycles. The molecular weight excluding hydrogens is 348 g/mol. The summed E-state index contributed by atoms with van der Waals surface area (Å²) >= 11 is 0. The number of carbonyl (C=O) groups is 2. The molecule has 148 valence electrons. The molecule has 0 aromatic heterocycles. The largest absolute Gasteiger partial charge is 0.467 e. The molecule has 1 aromatic carbocycles. The molecular formula is C21H28O6. The van der Waals surface area contributed by atoms with Gasteiger partial charge in [0.25, 0.3) is 0 Å². The molecule has 1 aliphatic rings. The van der Waals surface area contributed by atoms with Crippen LogP contribution < -0.4 is 0 Å². The van der Waals surface area contributed by atoms with E-state index in [1.165, 1.54) is 14.2 Å². The van der Waals surface area contributed by atoms with E-state index in [1.807, 2.05) is 36.4 Å². The van der Waals surface area contributed by atoms with Crippen LogP contribution in [-0.4, -0.2) is 44.7 Å². The average Bonchev–Trinajstić information content (AvgIpc) is 3.15. The Hall–Kier alpha value is -2.18. The maximum Gasteiger partial charge on any atom is 0.338 e. The number of carbonyl (C=O) groups excluding carboxylic acids is 2. The van der Waals surface area contributed by atoms with Crippen molar-refractivity contribution in [2.75, 3.05) is 14.2 Å². The summed E-state index contributed by atoms with van der Waals surface area (Å²) in [6, 6.07) is 9.81. The van der Waals surface area contributed by atoms with Gasteiger partial charge in [-0.3, -0.25) is 0 Å². The van der Waals surface area contributed by atoms with E-state index in [2.05, 4.69) is 6.92 Å². The fourth-order valence-corrected chi connectivity index (χ4v) is 2.98. The highest BCUT2D eigenvalue weighted by atomic mass is 16.8. The van der Waals surface area contributed by atoms with Crippen LogP contribution in [0.4, 0.5) is 0 Å². The Morgan fingerprint density at radius 1 is 0.963 bits per heavy atom. The predicted octanol–water partition coefficient (Wildman–Crippen LogP) is 3.50. The minimum atomic E-state index is -1.14. The van der Waals surface area contributed by atoms with E-state index in [0.29, 0.717) is 0 Å². The fourth-order valence-electron chi connectivity index (χ4n) is 2.98. The van der Waals surface area contributed by atoms with Gasteiger partial charge < -0.3 is 18.9 Å². The standard InChI is InChI=1S/C21H28O6/c1-4-5-6-10-13-16(14-15-11-8-7-9-12-15)21-26-17(19(22)24-2)18(27-21)20(23)25-3/h7-9,11-12,14,17-18,21H,4-6,10,13H2,1-3H3/t17-,18-/m1/s1. The molecule has 6 nitrogen and oxygen atoms in total. The highest BCUT2D eigenvalue weighted by Crippen LogP contribution is 2.30. The summed E-state index contributed by atoms with van der Waals surface area (Å²) in [7, 11) is 2.50. The minimum Gasteiger partial charge on any atom is -0.467 e. The van der Waals surface area contributed by atoms with E-state index < -0.39 is 30.4 Å². The zero-order chi connectivity index (χ0) is 19.6. The first-order chi connectivity index (χ1) is 13.1. The third-order valence-corrected chi connectivity index (χ3v) is 4.46. The van der Waals surface area contributed by atoms with Crippen LogP contribution in [-0.2, 0) is 28.5 Å². The van der Waals surface area contributed by atoms with Crippen molar-refractivity contribution in [3.05, 3.63) is 41.5 Å². The van der Waals surface area contributed by atoms with Crippen molar-refractivity contribution in [1.29, 1.82) is 0 Å². The predicted molar refractivity (Wildman–Crippen MR) is 101 cm³/mol. The van der Waals surface area contributed by atoms with Gasteiger partial charge in [0.1, 0.15) is 0 Å². The zero-order valence-electron chi connectivity index (χ0n) is 16.2. The summed E-state index contributed by atoms with van der Waals surface area (Å²) in [5.74, 6) is -1.31. The van der Waals surface area contributed by atoms with Crippen molar-refractivity contribution in [3.8, 4) is 0 Å². The third kappa shape index (κ3) is 5.91. The molecule has 0 saturated carbocycles. The van der Waals surface area contributed by atoms with Gasteiger partial charge in [0.15, 0.2) is 18.5 Å². The Kier molecular flexibility index (Phi) is 8.48. The second-order valence-electron chi connectivity index (χ2n) is 6.43. The lowest BCUT2D eigenvalue weighted by Crippen LogP contribution is -2.38. The minimum absolute atomic E-state index is 0.655. The summed E-state index contributed by atoms with van der Waals surface area (Å²) in [6.07, 6.45) is 4.04. The smallest absolute Gasteiger partial charge is 0.338 e. The molecule has 2 atom stereocenters. The van der Waals surface area contributed by atoms with Crippen molar-refractivity contribution in [2.45, 2.75) is 57.5 Å². The molecule has 0 spiro atoms. The van der Waals surface area contributed by atoms with Gasteiger partial charge in [0, 0.05) is 0 Å². The Labute approximate surface area is 160 Å². The molecule has 27 heavy (non-hydrogen) atoms. The highest BCUT2D eigenvalue weighted by Gasteiger charge is 2.47. The third-order valence-electron chi connectivity index (χ3n) is 4.46. The summed E-state index contributed by atoms with van der Waals surface area (Å²) in [6.45, 7) is 2.16. The van der Waals surface area contributed by atoms with Gasteiger partial charge in [-0.2, -0.15) is 0 Å². The van der Waals surface area contributed by atoms with Crippen LogP contribution in [0.25, 0.3) is 6.08 Å². The van der Waals surface area contributed by atoms with Crippen molar-refractivity contribution in [2.24, 2.45) is 0 Å². The first-order valence-electron chi connectivity index (χ1n) is 9.32. The van der Waals surface area contributed by atoms with Gasteiger partial charge in [-0.1, -0.05) is 62.6 Å². The Morgan fingerprint density at radius 3 is 2.07 bits per heavy atom. The van der Waals surface area contributed by atoms with E-state index >= 15 is 0 Å². The van der Waals surface area contributed by atoms with Crippen LogP contribution in [0.3, 0.4) is 0 Å². The van der Waals surface area contributed by atoms with E-state index in [4.69, 9.17) is 18.9 Å². The fraction of sp³-hybridized carbons (Fsp3) is 0.524. The Bertz CT molecular complexity index is 615. The van der Waals surface area contributed by atoms with Gasteiger partial charge >= 0.3 is 11.9 Å². The van der Waals surface area contributed by atoms with Crippen molar-refractivity contribution in [1.82, 2.24) is 0 Å². The molecule has 2 rings (SSSR count). The number of unbranched alkanes of at least 4 members (excludes halogenated alkanes) is 3. The van der Waals surface area contributed by atoms with Crippen molar-refractivity contribution < 1.29 is 28.5 Å². The second-order valence-corrected chi connectivity index (χ2v) is 6.43. The van der Waals surface area contributed by atoms with Crippen molar-refractivity contribution in [3.63, 3.8) is 0 Å². The van der Waals surface area contributed by atoms with E-state index in [0.717, 1.165) is 43.2 Å². The summed E-state index contributed by atoms with van der Waals surface area (Å²) in [4.78, 5) is 24.0. The number of methoxy groups -OCH3 is 2. The van der Waals surface area contributed by atoms with E-state index in [-0.39, 0.29) is 0 Å². The molecule has 0 aliphatic carbocycles. The lowest BCUT2D eigenvalue weighted by molar-refractivity contribution is -0.160. The first-order valence-corrected chi connectivity index (χ1v) is 9.32. The molecule has 6 heteroatoms. The van der Waals surface area contributed by atoms with Gasteiger partial charge in [-0.15, -0.1) is 0 Å². The van der Waals surface area contributed by atoms with Gasteiger partial charge in [-0.25, -0.2) is 9.59 Å². The molecule has 1 heterocycles. The molecule has 0 amide bonds. The quantitative estimate of drug-likeness (QED) is 0.485. The van der Waals surface area contributed by atoms with Crippen LogP contribution in [0, 0.1) is 0 Å². The van der Waals surface area contributed by atoms with Crippen LogP contribution >= 0.6 is 0 Å². The Balaban J connectivity index is 2.21.